The summed E-state index contributed by atoms with van der Waals surface area (Å²) < 4.78 is 27.3. The molecule has 0 radical (unpaired) electrons. The Morgan fingerprint density at radius 3 is 2.75 bits per heavy atom. The highest BCUT2D eigenvalue weighted by molar-refractivity contribution is 7.91. The molecule has 2 aromatic rings. The molecule has 3 rings (SSSR count). The van der Waals surface area contributed by atoms with Crippen LogP contribution < -0.4 is 10.6 Å². The summed E-state index contributed by atoms with van der Waals surface area (Å²) in [6.07, 6.45) is 0. The molecule has 130 valence electrons. The number of amides is 1. The van der Waals surface area contributed by atoms with Crippen LogP contribution in [0.3, 0.4) is 0 Å². The van der Waals surface area contributed by atoms with Crippen molar-refractivity contribution in [1.82, 2.24) is 14.6 Å². The molecule has 0 unspecified atom stereocenters. The Hall–Kier alpha value is -1.33. The fourth-order valence-corrected chi connectivity index (χ4v) is 6.29. The number of carbonyl (C=O) groups excluding carboxylic acids is 1. The van der Waals surface area contributed by atoms with Crippen molar-refractivity contribution in [3.8, 4) is 10.4 Å². The molecular formula is C14H18N4O3S3. The molecule has 1 saturated heterocycles. The number of nitrogens with zero attached hydrogens (tertiary/aromatic N) is 2. The minimum Gasteiger partial charge on any atom is -0.314 e. The predicted molar refractivity (Wildman–Crippen MR) is 96.1 cm³/mol. The van der Waals surface area contributed by atoms with Crippen molar-refractivity contribution < 1.29 is 13.2 Å². The number of thiophene rings is 1. The third-order valence-corrected chi connectivity index (χ3v) is 8.02. The van der Waals surface area contributed by atoms with Gasteiger partial charge in [0.25, 0.3) is 10.0 Å². The van der Waals surface area contributed by atoms with Crippen molar-refractivity contribution in [1.29, 1.82) is 0 Å². The Labute approximate surface area is 148 Å². The predicted octanol–water partition coefficient (Wildman–Crippen LogP) is 1.73. The Bertz CT molecular complexity index is 850. The zero-order valence-electron chi connectivity index (χ0n) is 13.3. The normalized spacial score (nSPS) is 16.2. The van der Waals surface area contributed by atoms with Gasteiger partial charge in [0, 0.05) is 44.0 Å². The molecule has 24 heavy (non-hydrogen) atoms. The zero-order valence-corrected chi connectivity index (χ0v) is 15.8. The number of aromatic nitrogens is 1. The third-order valence-electron chi connectivity index (χ3n) is 3.59. The monoisotopic (exact) mass is 386 g/mol. The van der Waals surface area contributed by atoms with Crippen molar-refractivity contribution in [3.05, 3.63) is 17.1 Å². The average molecular weight is 387 g/mol. The van der Waals surface area contributed by atoms with Gasteiger partial charge in [0.2, 0.25) is 5.91 Å². The molecule has 3 heterocycles. The molecule has 0 spiro atoms. The van der Waals surface area contributed by atoms with Crippen LogP contribution in [-0.2, 0) is 14.8 Å². The SMILES string of the molecule is CC(=O)Nc1nc(C)c(-c2csc(S(=O)(=O)N3CCNCC3)c2)s1. The van der Waals surface area contributed by atoms with Gasteiger partial charge in [-0.2, -0.15) is 4.31 Å². The number of hydrogen-bond acceptors (Lipinski definition) is 7. The van der Waals surface area contributed by atoms with E-state index in [9.17, 15) is 13.2 Å². The van der Waals surface area contributed by atoms with E-state index in [4.69, 9.17) is 0 Å². The molecule has 1 aliphatic rings. The number of thiazole rings is 1. The number of nitrogens with one attached hydrogen (secondary N) is 2. The van der Waals surface area contributed by atoms with Gasteiger partial charge in [0.05, 0.1) is 10.6 Å². The summed E-state index contributed by atoms with van der Waals surface area (Å²) in [4.78, 5) is 16.3. The number of carbonyl (C=O) groups is 1. The number of anilines is 1. The molecule has 0 atom stereocenters. The second-order valence-electron chi connectivity index (χ2n) is 5.42. The summed E-state index contributed by atoms with van der Waals surface area (Å²) in [5.41, 5.74) is 1.59. The van der Waals surface area contributed by atoms with Gasteiger partial charge < -0.3 is 10.6 Å². The highest BCUT2D eigenvalue weighted by Crippen LogP contribution is 2.37. The molecule has 1 aliphatic heterocycles. The van der Waals surface area contributed by atoms with Gasteiger partial charge in [0.1, 0.15) is 4.21 Å². The van der Waals surface area contributed by atoms with E-state index in [2.05, 4.69) is 15.6 Å². The van der Waals surface area contributed by atoms with Gasteiger partial charge >= 0.3 is 0 Å². The summed E-state index contributed by atoms with van der Waals surface area (Å²) in [5, 5.41) is 8.16. The number of piperazine rings is 1. The molecule has 2 N–H and O–H groups in total. The van der Waals surface area contributed by atoms with Crippen molar-refractivity contribution in [2.24, 2.45) is 0 Å². The van der Waals surface area contributed by atoms with Crippen LogP contribution in [0.1, 0.15) is 12.6 Å². The van der Waals surface area contributed by atoms with Gasteiger partial charge in [0.15, 0.2) is 5.13 Å². The smallest absolute Gasteiger partial charge is 0.252 e. The lowest BCUT2D eigenvalue weighted by atomic mass is 10.2. The second-order valence-corrected chi connectivity index (χ2v) is 9.50. The van der Waals surface area contributed by atoms with Gasteiger partial charge in [-0.15, -0.1) is 11.3 Å². The van der Waals surface area contributed by atoms with Crippen molar-refractivity contribution in [3.63, 3.8) is 0 Å². The largest absolute Gasteiger partial charge is 0.314 e. The van der Waals surface area contributed by atoms with Crippen LogP contribution >= 0.6 is 22.7 Å². The fourth-order valence-electron chi connectivity index (χ4n) is 2.45. The zero-order chi connectivity index (χ0) is 17.3. The topological polar surface area (TPSA) is 91.4 Å². The molecule has 10 heteroatoms. The first-order valence-corrected chi connectivity index (χ1v) is 10.6. The standard InChI is InChI=1S/C14H18N4O3S3/c1-9-13(23-14(16-9)17-10(2)19)11-7-12(22-8-11)24(20,21)18-5-3-15-4-6-18/h7-8,15H,3-6H2,1-2H3,(H,16,17,19). The van der Waals surface area contributed by atoms with Gasteiger partial charge in [-0.25, -0.2) is 13.4 Å². The van der Waals surface area contributed by atoms with Crippen LogP contribution in [0.4, 0.5) is 5.13 Å². The van der Waals surface area contributed by atoms with Crippen molar-refractivity contribution in [2.45, 2.75) is 18.1 Å². The van der Waals surface area contributed by atoms with E-state index in [1.54, 1.807) is 6.07 Å². The van der Waals surface area contributed by atoms with Gasteiger partial charge in [-0.05, 0) is 13.0 Å². The number of sulfonamides is 1. The molecule has 0 saturated carbocycles. The maximum atomic E-state index is 12.7. The Kier molecular flexibility index (Phi) is 5.02. The van der Waals surface area contributed by atoms with Crippen LogP contribution in [0.2, 0.25) is 0 Å². The first-order chi connectivity index (χ1) is 11.4. The molecule has 7 nitrogen and oxygen atoms in total. The molecule has 1 fully saturated rings. The fraction of sp³-hybridized carbons (Fsp3) is 0.429. The average Bonchev–Trinajstić information content (AvgIpc) is 3.14. The second kappa shape index (κ2) is 6.89. The number of rotatable bonds is 4. The van der Waals surface area contributed by atoms with E-state index in [1.165, 1.54) is 33.9 Å². The molecule has 0 bridgehead atoms. The van der Waals surface area contributed by atoms with E-state index in [-0.39, 0.29) is 5.91 Å². The third kappa shape index (κ3) is 3.52. The van der Waals surface area contributed by atoms with E-state index in [1.807, 2.05) is 12.3 Å². The molecule has 0 aromatic carbocycles. The van der Waals surface area contributed by atoms with Gasteiger partial charge in [-0.1, -0.05) is 11.3 Å². The lowest BCUT2D eigenvalue weighted by Crippen LogP contribution is -2.46. The summed E-state index contributed by atoms with van der Waals surface area (Å²) >= 11 is 2.56. The molecule has 2 aromatic heterocycles. The van der Waals surface area contributed by atoms with Crippen LogP contribution in [0.5, 0.6) is 0 Å². The van der Waals surface area contributed by atoms with Crippen molar-refractivity contribution in [2.75, 3.05) is 31.5 Å². The van der Waals surface area contributed by atoms with Gasteiger partial charge in [-0.3, -0.25) is 4.79 Å². The van der Waals surface area contributed by atoms with E-state index in [0.29, 0.717) is 35.5 Å². The van der Waals surface area contributed by atoms with Crippen LogP contribution in [0, 0.1) is 6.92 Å². The lowest BCUT2D eigenvalue weighted by Gasteiger charge is -2.25. The number of hydrogen-bond donors (Lipinski definition) is 2. The summed E-state index contributed by atoms with van der Waals surface area (Å²) in [7, 11) is -3.45. The first kappa shape index (κ1) is 17.5. The summed E-state index contributed by atoms with van der Waals surface area (Å²) in [6, 6.07) is 1.69. The minimum atomic E-state index is -3.45. The highest BCUT2D eigenvalue weighted by Gasteiger charge is 2.27. The summed E-state index contributed by atoms with van der Waals surface area (Å²) in [6.45, 7) is 5.60. The van der Waals surface area contributed by atoms with Crippen LogP contribution in [0.25, 0.3) is 10.4 Å². The number of aryl methyl sites for hydroxylation is 1. The van der Waals surface area contributed by atoms with Crippen LogP contribution in [0.15, 0.2) is 15.7 Å². The molecule has 1 amide bonds. The maximum Gasteiger partial charge on any atom is 0.252 e. The molecule has 0 aliphatic carbocycles. The lowest BCUT2D eigenvalue weighted by molar-refractivity contribution is -0.114. The minimum absolute atomic E-state index is 0.178. The molecular weight excluding hydrogens is 368 g/mol. The summed E-state index contributed by atoms with van der Waals surface area (Å²) in [5.74, 6) is -0.178. The Morgan fingerprint density at radius 2 is 2.08 bits per heavy atom. The quantitative estimate of drug-likeness (QED) is 0.835. The van der Waals surface area contributed by atoms with Crippen LogP contribution in [-0.4, -0.2) is 49.8 Å². The van der Waals surface area contributed by atoms with E-state index >= 15 is 0 Å². The van der Waals surface area contributed by atoms with E-state index < -0.39 is 10.0 Å². The first-order valence-electron chi connectivity index (χ1n) is 7.43. The highest BCUT2D eigenvalue weighted by atomic mass is 32.2. The van der Waals surface area contributed by atoms with E-state index in [0.717, 1.165) is 16.1 Å². The Morgan fingerprint density at radius 1 is 1.38 bits per heavy atom. The maximum absolute atomic E-state index is 12.7. The van der Waals surface area contributed by atoms with Crippen molar-refractivity contribution >= 4 is 43.7 Å². The Balaban J connectivity index is 1.88.